The summed E-state index contributed by atoms with van der Waals surface area (Å²) < 4.78 is 35.0. The average molecular weight is 837 g/mol. The lowest BCUT2D eigenvalue weighted by molar-refractivity contribution is 0.102. The second kappa shape index (κ2) is 15.4. The zero-order valence-corrected chi connectivity index (χ0v) is 34.4. The van der Waals surface area contributed by atoms with Crippen molar-refractivity contribution in [3.8, 4) is 11.4 Å². The third-order valence-corrected chi connectivity index (χ3v) is 12.1. The fourth-order valence-electron chi connectivity index (χ4n) is 9.02. The molecule has 2 aliphatic rings. The molecule has 62 heavy (non-hydrogen) atoms. The number of anilines is 4. The lowest BCUT2D eigenvalue weighted by atomic mass is 10.1. The summed E-state index contributed by atoms with van der Waals surface area (Å²) in [4.78, 5) is 41.4. The molecule has 8 heterocycles. The molecule has 0 aliphatic carbocycles. The quantitative estimate of drug-likeness (QED) is 0.143. The van der Waals surface area contributed by atoms with E-state index < -0.39 is 23.4 Å². The van der Waals surface area contributed by atoms with Crippen LogP contribution in [0.2, 0.25) is 0 Å². The summed E-state index contributed by atoms with van der Waals surface area (Å²) in [5, 5.41) is 30.7. The number of carbonyl (C=O) groups is 2. The Morgan fingerprint density at radius 1 is 0.645 bits per heavy atom. The van der Waals surface area contributed by atoms with Crippen LogP contribution >= 0.6 is 0 Å². The number of nitrogens with one attached hydrogen (secondary N) is 4. The first-order valence-electron chi connectivity index (χ1n) is 20.4. The minimum Gasteiger partial charge on any atom is -0.369 e. The number of amides is 2. The number of carbonyl (C=O) groups excluding carboxylic acids is 2. The highest BCUT2D eigenvalue weighted by Gasteiger charge is 2.28. The molecule has 2 fully saturated rings. The third kappa shape index (κ3) is 6.58. The zero-order chi connectivity index (χ0) is 42.8. The molecule has 0 spiro atoms. The normalized spacial score (nSPS) is 16.7. The number of likely N-dealkylation sites (N-methyl/N-ethyl adjacent to an activating group) is 2. The van der Waals surface area contributed by atoms with E-state index in [9.17, 15) is 9.59 Å². The van der Waals surface area contributed by atoms with Crippen molar-refractivity contribution in [1.29, 1.82) is 0 Å². The number of benzene rings is 2. The molecule has 6 aromatic heterocycles. The number of aryl methyl sites for hydroxylation is 2. The van der Waals surface area contributed by atoms with E-state index in [1.165, 1.54) is 20.9 Å². The van der Waals surface area contributed by atoms with Gasteiger partial charge in [0.15, 0.2) is 22.9 Å². The monoisotopic (exact) mass is 836 g/mol. The SMILES string of the molecule is CNC1CCN(c2ccc(C(=O)Nc3cc(F)c4nc(C)c(-c5c(C)nc6c(F)cc(NC(=O)c7ccc(N8CC[C@H](NC)C8)c8ccnnc78)cn56)n4c3)c3nnccc23)C1. The summed E-state index contributed by atoms with van der Waals surface area (Å²) in [6, 6.07) is 14.0. The summed E-state index contributed by atoms with van der Waals surface area (Å²) in [5.41, 5.74) is 5.26. The lowest BCUT2D eigenvalue weighted by Crippen LogP contribution is -2.29. The molecule has 0 bridgehead atoms. The van der Waals surface area contributed by atoms with Crippen LogP contribution in [0, 0.1) is 25.5 Å². The van der Waals surface area contributed by atoms with Gasteiger partial charge in [0.25, 0.3) is 11.8 Å². The highest BCUT2D eigenvalue weighted by atomic mass is 19.1. The first kappa shape index (κ1) is 39.0. The molecule has 18 heteroatoms. The highest BCUT2D eigenvalue weighted by Crippen LogP contribution is 2.35. The summed E-state index contributed by atoms with van der Waals surface area (Å²) >= 11 is 0. The number of hydrogen-bond acceptors (Lipinski definition) is 12. The van der Waals surface area contributed by atoms with E-state index in [-0.39, 0.29) is 33.8 Å². The summed E-state index contributed by atoms with van der Waals surface area (Å²) in [7, 11) is 3.90. The van der Waals surface area contributed by atoms with Gasteiger partial charge in [-0.15, -0.1) is 10.2 Å². The Morgan fingerprint density at radius 2 is 1.08 bits per heavy atom. The molecule has 1 unspecified atom stereocenters. The van der Waals surface area contributed by atoms with Crippen molar-refractivity contribution >= 4 is 67.7 Å². The molecule has 2 atom stereocenters. The molecule has 2 aromatic carbocycles. The first-order valence-corrected chi connectivity index (χ1v) is 20.4. The van der Waals surface area contributed by atoms with Crippen LogP contribution in [0.3, 0.4) is 0 Å². The molecular weight excluding hydrogens is 795 g/mol. The fraction of sp³-hybridized carbons (Fsp3) is 0.273. The van der Waals surface area contributed by atoms with Crippen LogP contribution in [0.25, 0.3) is 44.5 Å². The molecule has 10 rings (SSSR count). The van der Waals surface area contributed by atoms with Crippen LogP contribution < -0.4 is 31.1 Å². The van der Waals surface area contributed by atoms with Gasteiger partial charge in [-0.3, -0.25) is 18.4 Å². The minimum atomic E-state index is -0.691. The maximum atomic E-state index is 16.0. The van der Waals surface area contributed by atoms with Crippen LogP contribution in [0.1, 0.15) is 44.9 Å². The van der Waals surface area contributed by atoms with E-state index in [4.69, 9.17) is 0 Å². The Kier molecular flexibility index (Phi) is 9.67. The summed E-state index contributed by atoms with van der Waals surface area (Å²) in [5.74, 6) is -2.39. The Hall–Kier alpha value is -7.18. The smallest absolute Gasteiger partial charge is 0.257 e. The Morgan fingerprint density at radius 3 is 1.48 bits per heavy atom. The topological polar surface area (TPSA) is 175 Å². The molecule has 16 nitrogen and oxygen atoms in total. The number of hydrogen-bond donors (Lipinski definition) is 4. The highest BCUT2D eigenvalue weighted by molar-refractivity contribution is 6.15. The van der Waals surface area contributed by atoms with E-state index in [0.717, 1.165) is 61.2 Å². The molecule has 2 aliphatic heterocycles. The van der Waals surface area contributed by atoms with Crippen LogP contribution in [0.4, 0.5) is 31.5 Å². The van der Waals surface area contributed by atoms with Crippen molar-refractivity contribution in [3.05, 3.63) is 107 Å². The van der Waals surface area contributed by atoms with Crippen molar-refractivity contribution in [1.82, 2.24) is 49.8 Å². The third-order valence-electron chi connectivity index (χ3n) is 12.1. The van der Waals surface area contributed by atoms with Crippen LogP contribution in [-0.2, 0) is 0 Å². The van der Waals surface area contributed by atoms with Crippen molar-refractivity contribution in [2.24, 2.45) is 0 Å². The molecule has 8 aromatic rings. The van der Waals surface area contributed by atoms with Gasteiger partial charge in [0, 0.05) is 84.9 Å². The summed E-state index contributed by atoms with van der Waals surface area (Å²) in [6.45, 7) is 6.77. The molecular formula is C44H42F2N14O2. The standard InChI is InChI=1S/C44H42F2N14O2/c1-23-39(59-21-27(17-33(45)41(59)51-23)53-43(61)31-5-7-35(29-9-13-49-55-37(29)31)57-15-11-25(19-57)47-3)40-24(2)52-42-34(46)18-28(22-60(40)42)54-44(62)32-6-8-36(30-10-14-50-56-38(30)32)58-16-12-26(20-58)48-4/h5-10,13-14,17-18,21-22,25-26,47-48H,11-12,15-16,19-20H2,1-4H3,(H,53,61)(H,54,62)/t25-,26?/m0/s1. The number of nitrogens with zero attached hydrogens (tertiary/aromatic N) is 10. The average Bonchev–Trinajstić information content (AvgIpc) is 4.09. The predicted octanol–water partition coefficient (Wildman–Crippen LogP) is 5.53. The number of imidazole rings is 2. The largest absolute Gasteiger partial charge is 0.369 e. The van der Waals surface area contributed by atoms with Gasteiger partial charge in [-0.1, -0.05) is 0 Å². The van der Waals surface area contributed by atoms with Gasteiger partial charge < -0.3 is 31.1 Å². The second-order valence-corrected chi connectivity index (χ2v) is 15.8. The minimum absolute atomic E-state index is 0.00669. The summed E-state index contributed by atoms with van der Waals surface area (Å²) in [6.07, 6.45) is 8.30. The molecule has 2 amide bonds. The molecule has 4 N–H and O–H groups in total. The van der Waals surface area contributed by atoms with Gasteiger partial charge in [-0.05, 0) is 77.2 Å². The van der Waals surface area contributed by atoms with Gasteiger partial charge in [-0.2, -0.15) is 10.2 Å². The van der Waals surface area contributed by atoms with E-state index in [1.807, 2.05) is 38.4 Å². The van der Waals surface area contributed by atoms with Crippen LogP contribution in [-0.4, -0.2) is 103 Å². The molecule has 0 radical (unpaired) electrons. The number of fused-ring (bicyclic) bond motifs is 4. The van der Waals surface area contributed by atoms with E-state index in [1.54, 1.807) is 50.8 Å². The van der Waals surface area contributed by atoms with E-state index >= 15 is 8.78 Å². The van der Waals surface area contributed by atoms with Gasteiger partial charge in [0.2, 0.25) is 0 Å². The maximum absolute atomic E-state index is 16.0. The van der Waals surface area contributed by atoms with Crippen LogP contribution in [0.15, 0.2) is 73.3 Å². The number of aromatic nitrogens is 8. The van der Waals surface area contributed by atoms with Crippen LogP contribution in [0.5, 0.6) is 0 Å². The van der Waals surface area contributed by atoms with Crippen molar-refractivity contribution in [2.75, 3.05) is 60.7 Å². The van der Waals surface area contributed by atoms with Crippen molar-refractivity contribution in [2.45, 2.75) is 38.8 Å². The van der Waals surface area contributed by atoms with Gasteiger partial charge in [0.05, 0.1) is 57.7 Å². The van der Waals surface area contributed by atoms with E-state index in [0.29, 0.717) is 45.9 Å². The van der Waals surface area contributed by atoms with Crippen molar-refractivity contribution < 1.29 is 18.4 Å². The van der Waals surface area contributed by atoms with Crippen molar-refractivity contribution in [3.63, 3.8) is 0 Å². The Bertz CT molecular complexity index is 2910. The van der Waals surface area contributed by atoms with Gasteiger partial charge in [-0.25, -0.2) is 18.7 Å². The fourth-order valence-corrected chi connectivity index (χ4v) is 9.02. The Balaban J connectivity index is 0.980. The van der Waals surface area contributed by atoms with E-state index in [2.05, 4.69) is 61.4 Å². The number of rotatable bonds is 9. The predicted molar refractivity (Wildman–Crippen MR) is 233 cm³/mol. The zero-order valence-electron chi connectivity index (χ0n) is 34.4. The number of halogens is 2. The molecule has 0 saturated carbocycles. The Labute approximate surface area is 353 Å². The first-order chi connectivity index (χ1) is 30.1. The molecule has 314 valence electrons. The van der Waals surface area contributed by atoms with Gasteiger partial charge >= 0.3 is 0 Å². The maximum Gasteiger partial charge on any atom is 0.257 e. The molecule has 2 saturated heterocycles. The lowest BCUT2D eigenvalue weighted by Gasteiger charge is -2.21. The number of pyridine rings is 2. The van der Waals surface area contributed by atoms with Gasteiger partial charge in [0.1, 0.15) is 11.0 Å². The second-order valence-electron chi connectivity index (χ2n) is 15.8.